The van der Waals surface area contributed by atoms with E-state index in [1.165, 1.54) is 29.5 Å². The van der Waals surface area contributed by atoms with Gasteiger partial charge in [-0.2, -0.15) is 8.78 Å². The molecule has 1 amide bonds. The summed E-state index contributed by atoms with van der Waals surface area (Å²) in [5, 5.41) is 11.9. The molecule has 0 spiro atoms. The van der Waals surface area contributed by atoms with Crippen molar-refractivity contribution in [2.24, 2.45) is 5.92 Å². The van der Waals surface area contributed by atoms with Gasteiger partial charge in [-0.15, -0.1) is 10.2 Å². The van der Waals surface area contributed by atoms with Crippen LogP contribution in [-0.2, 0) is 11.2 Å². The largest absolute Gasteiger partial charge is 0.490 e. The van der Waals surface area contributed by atoms with Crippen LogP contribution >= 0.6 is 11.3 Å². The number of carbonyl (C=O) groups excluding carboxylic acids is 1. The Hall–Kier alpha value is -2.55. The first-order valence-electron chi connectivity index (χ1n) is 8.40. The number of nitrogens with one attached hydrogen (secondary N) is 1. The summed E-state index contributed by atoms with van der Waals surface area (Å²) in [6.45, 7) is 3.25. The highest BCUT2D eigenvalue weighted by molar-refractivity contribution is 7.15. The molecule has 27 heavy (non-hydrogen) atoms. The summed E-state index contributed by atoms with van der Waals surface area (Å²) in [7, 11) is 0. The van der Waals surface area contributed by atoms with Crippen LogP contribution in [0.15, 0.2) is 24.3 Å². The Morgan fingerprint density at radius 2 is 2.07 bits per heavy atom. The molecule has 2 aromatic rings. The number of carbonyl (C=O) groups is 1. The predicted octanol–water partition coefficient (Wildman–Crippen LogP) is 4.39. The van der Waals surface area contributed by atoms with Gasteiger partial charge in [0, 0.05) is 12.5 Å². The maximum Gasteiger partial charge on any atom is 0.387 e. The first-order chi connectivity index (χ1) is 12.9. The van der Waals surface area contributed by atoms with E-state index < -0.39 is 6.61 Å². The Morgan fingerprint density at radius 1 is 1.30 bits per heavy atom. The number of ether oxygens (including phenoxy) is 2. The van der Waals surface area contributed by atoms with Gasteiger partial charge in [-0.3, -0.25) is 10.1 Å². The maximum atomic E-state index is 12.4. The number of amides is 1. The molecule has 9 heteroatoms. The Morgan fingerprint density at radius 3 is 2.74 bits per heavy atom. The fourth-order valence-corrected chi connectivity index (χ4v) is 3.10. The van der Waals surface area contributed by atoms with Gasteiger partial charge in [0.2, 0.25) is 11.0 Å². The number of anilines is 1. The predicted molar refractivity (Wildman–Crippen MR) is 100 cm³/mol. The van der Waals surface area contributed by atoms with E-state index in [1.807, 2.05) is 0 Å². The molecule has 0 fully saturated rings. The van der Waals surface area contributed by atoms with E-state index in [4.69, 9.17) is 4.74 Å². The molecule has 1 heterocycles. The number of hydrogen-bond acceptors (Lipinski definition) is 6. The molecule has 1 N–H and O–H groups in total. The molecule has 0 saturated carbocycles. The molecule has 0 aliphatic heterocycles. The zero-order valence-corrected chi connectivity index (χ0v) is 16.1. The van der Waals surface area contributed by atoms with Gasteiger partial charge in [-0.1, -0.05) is 31.3 Å². The van der Waals surface area contributed by atoms with E-state index in [0.717, 1.165) is 11.4 Å². The number of rotatable bonds is 9. The Labute approximate surface area is 160 Å². The molecular weight excluding hydrogens is 376 g/mol. The molecule has 146 valence electrons. The lowest BCUT2D eigenvalue weighted by molar-refractivity contribution is -0.111. The van der Waals surface area contributed by atoms with Gasteiger partial charge in [-0.05, 0) is 36.6 Å². The van der Waals surface area contributed by atoms with Gasteiger partial charge in [0.25, 0.3) is 0 Å². The highest BCUT2D eigenvalue weighted by atomic mass is 32.1. The van der Waals surface area contributed by atoms with E-state index >= 15 is 0 Å². The van der Waals surface area contributed by atoms with Gasteiger partial charge in [-0.25, -0.2) is 0 Å². The third-order valence-electron chi connectivity index (χ3n) is 3.19. The molecule has 0 saturated heterocycles. The smallest absolute Gasteiger partial charge is 0.387 e. The molecule has 2 rings (SSSR count). The molecule has 0 aliphatic rings. The van der Waals surface area contributed by atoms with Crippen LogP contribution in [0.4, 0.5) is 13.9 Å². The van der Waals surface area contributed by atoms with Crippen molar-refractivity contribution in [1.82, 2.24) is 10.2 Å². The van der Waals surface area contributed by atoms with E-state index in [2.05, 4.69) is 34.1 Å². The highest BCUT2D eigenvalue weighted by Gasteiger charge is 2.11. The minimum Gasteiger partial charge on any atom is -0.490 e. The van der Waals surface area contributed by atoms with Crippen molar-refractivity contribution in [2.45, 2.75) is 33.8 Å². The average Bonchev–Trinajstić information content (AvgIpc) is 3.01. The summed E-state index contributed by atoms with van der Waals surface area (Å²) >= 11 is 1.33. The standard InChI is InChI=1S/C18H21F2N3O3S/c1-4-25-14-10-12(5-7-13(14)26-17(19)20)6-8-15(24)21-18-23-22-16(27-18)9-11(2)3/h5-8,10-11,17H,4,9H2,1-3H3,(H,21,23,24). The van der Waals surface area contributed by atoms with Crippen LogP contribution in [0.2, 0.25) is 0 Å². The topological polar surface area (TPSA) is 73.3 Å². The van der Waals surface area contributed by atoms with Crippen molar-refractivity contribution in [1.29, 1.82) is 0 Å². The van der Waals surface area contributed by atoms with Gasteiger partial charge in [0.05, 0.1) is 6.61 Å². The second-order valence-electron chi connectivity index (χ2n) is 5.94. The highest BCUT2D eigenvalue weighted by Crippen LogP contribution is 2.30. The normalized spacial score (nSPS) is 11.4. The van der Waals surface area contributed by atoms with Gasteiger partial charge >= 0.3 is 6.61 Å². The second kappa shape index (κ2) is 9.96. The first-order valence-corrected chi connectivity index (χ1v) is 9.22. The molecule has 0 bridgehead atoms. The lowest BCUT2D eigenvalue weighted by Gasteiger charge is -2.11. The summed E-state index contributed by atoms with van der Waals surface area (Å²) in [5.41, 5.74) is 0.605. The monoisotopic (exact) mass is 397 g/mol. The van der Waals surface area contributed by atoms with Crippen molar-refractivity contribution in [3.8, 4) is 11.5 Å². The Kier molecular flexibility index (Phi) is 7.66. The molecule has 6 nitrogen and oxygen atoms in total. The van der Waals surface area contributed by atoms with Crippen LogP contribution in [-0.4, -0.2) is 29.3 Å². The number of alkyl halides is 2. The van der Waals surface area contributed by atoms with Gasteiger partial charge in [0.1, 0.15) is 5.01 Å². The van der Waals surface area contributed by atoms with E-state index in [-0.39, 0.29) is 17.4 Å². The molecule has 0 unspecified atom stereocenters. The van der Waals surface area contributed by atoms with E-state index in [0.29, 0.717) is 23.2 Å². The minimum absolute atomic E-state index is 0.0556. The third kappa shape index (κ3) is 6.93. The van der Waals surface area contributed by atoms with Crippen LogP contribution in [0.3, 0.4) is 0 Å². The molecule has 1 aromatic heterocycles. The minimum atomic E-state index is -2.94. The summed E-state index contributed by atoms with van der Waals surface area (Å²) < 4.78 is 34.6. The van der Waals surface area contributed by atoms with Gasteiger partial charge < -0.3 is 9.47 Å². The zero-order chi connectivity index (χ0) is 19.8. The fraction of sp³-hybridized carbons (Fsp3) is 0.389. The Balaban J connectivity index is 2.02. The van der Waals surface area contributed by atoms with Crippen molar-refractivity contribution in [3.63, 3.8) is 0 Å². The fourth-order valence-electron chi connectivity index (χ4n) is 2.14. The third-order valence-corrected chi connectivity index (χ3v) is 4.05. The zero-order valence-electron chi connectivity index (χ0n) is 15.2. The molecule has 0 radical (unpaired) electrons. The number of halogens is 2. The first kappa shape index (κ1) is 20.8. The number of benzene rings is 1. The summed E-state index contributed by atoms with van der Waals surface area (Å²) in [4.78, 5) is 12.0. The quantitative estimate of drug-likeness (QED) is 0.636. The molecule has 0 aliphatic carbocycles. The summed E-state index contributed by atoms with van der Waals surface area (Å²) in [6.07, 6.45) is 3.67. The van der Waals surface area contributed by atoms with Crippen molar-refractivity contribution in [2.75, 3.05) is 11.9 Å². The van der Waals surface area contributed by atoms with Crippen molar-refractivity contribution in [3.05, 3.63) is 34.8 Å². The van der Waals surface area contributed by atoms with E-state index in [1.54, 1.807) is 19.1 Å². The Bertz CT molecular complexity index is 794. The van der Waals surface area contributed by atoms with Crippen LogP contribution in [0.5, 0.6) is 11.5 Å². The average molecular weight is 397 g/mol. The molecule has 0 atom stereocenters. The number of aromatic nitrogens is 2. The lowest BCUT2D eigenvalue weighted by Crippen LogP contribution is -2.07. The number of hydrogen-bond donors (Lipinski definition) is 1. The van der Waals surface area contributed by atoms with Crippen LogP contribution in [0, 0.1) is 5.92 Å². The number of nitrogens with zero attached hydrogens (tertiary/aromatic N) is 2. The summed E-state index contributed by atoms with van der Waals surface area (Å²) in [5.74, 6) is 0.217. The van der Waals surface area contributed by atoms with Crippen LogP contribution in [0.25, 0.3) is 6.08 Å². The van der Waals surface area contributed by atoms with Crippen LogP contribution in [0.1, 0.15) is 31.3 Å². The summed E-state index contributed by atoms with van der Waals surface area (Å²) in [6, 6.07) is 4.45. The van der Waals surface area contributed by atoms with Crippen LogP contribution < -0.4 is 14.8 Å². The second-order valence-corrected chi connectivity index (χ2v) is 7.00. The van der Waals surface area contributed by atoms with E-state index in [9.17, 15) is 13.6 Å². The molecule has 1 aromatic carbocycles. The lowest BCUT2D eigenvalue weighted by atomic mass is 10.1. The SMILES string of the molecule is CCOc1cc(C=CC(=O)Nc2nnc(CC(C)C)s2)ccc1OC(F)F. The molecular formula is C18H21F2N3O3S. The van der Waals surface area contributed by atoms with Crippen molar-refractivity contribution < 1.29 is 23.0 Å². The van der Waals surface area contributed by atoms with Crippen molar-refractivity contribution >= 4 is 28.5 Å². The maximum absolute atomic E-state index is 12.4. The van der Waals surface area contributed by atoms with Gasteiger partial charge in [0.15, 0.2) is 11.5 Å².